The predicted molar refractivity (Wildman–Crippen MR) is 95.6 cm³/mol. The van der Waals surface area contributed by atoms with Crippen LogP contribution in [-0.4, -0.2) is 26.2 Å². The van der Waals surface area contributed by atoms with Gasteiger partial charge < -0.3 is 9.80 Å². The average Bonchev–Trinajstić information content (AvgIpc) is 2.58. The van der Waals surface area contributed by atoms with E-state index in [1.54, 1.807) is 9.80 Å². The van der Waals surface area contributed by atoms with Gasteiger partial charge in [0.2, 0.25) is 0 Å². The van der Waals surface area contributed by atoms with Gasteiger partial charge in [0.15, 0.2) is 0 Å². The highest BCUT2D eigenvalue weighted by molar-refractivity contribution is 5.20. The molecule has 2 heteroatoms. The molecule has 0 saturated carbocycles. The maximum absolute atomic E-state index is 2.36. The van der Waals surface area contributed by atoms with Crippen LogP contribution >= 0.6 is 0 Å². The van der Waals surface area contributed by atoms with Gasteiger partial charge >= 0.3 is 0 Å². The summed E-state index contributed by atoms with van der Waals surface area (Å²) in [6, 6.07) is 20.8. The Bertz CT molecular complexity index is 583. The van der Waals surface area contributed by atoms with Crippen LogP contribution in [0.1, 0.15) is 29.5 Å². The lowest BCUT2D eigenvalue weighted by molar-refractivity contribution is -0.960. The number of aryl methyl sites for hydroxylation is 1. The number of nitrogens with one attached hydrogen (secondary N) is 2. The summed E-state index contributed by atoms with van der Waals surface area (Å²) in [5.74, 6) is 0. The molecule has 2 aromatic carbocycles. The molecular weight excluding hydrogens is 280 g/mol. The molecule has 0 aromatic heterocycles. The quantitative estimate of drug-likeness (QED) is 0.823. The van der Waals surface area contributed by atoms with Gasteiger partial charge in [0, 0.05) is 24.0 Å². The van der Waals surface area contributed by atoms with E-state index in [-0.39, 0.29) is 0 Å². The van der Waals surface area contributed by atoms with E-state index >= 15 is 0 Å². The lowest BCUT2D eigenvalue weighted by atomic mass is 10.0. The number of benzene rings is 2. The minimum absolute atomic E-state index is 0.817. The van der Waals surface area contributed by atoms with Crippen molar-refractivity contribution in [1.82, 2.24) is 0 Å². The third-order valence-electron chi connectivity index (χ3n) is 5.29. The van der Waals surface area contributed by atoms with E-state index in [1.807, 2.05) is 0 Å². The topological polar surface area (TPSA) is 8.88 Å². The Hall–Kier alpha value is -1.64. The van der Waals surface area contributed by atoms with Gasteiger partial charge in [-0.05, 0) is 6.92 Å². The standard InChI is InChI=1S/C21H28N2/c1-18-8-10-20(11-9-18)17-23-14-12-21(13-15-23)22(2)16-19-6-4-3-5-7-19/h3-11,21H,12-17H2,1-2H3/p+2. The molecular formula is C21H30N2+2. The molecule has 0 radical (unpaired) electrons. The monoisotopic (exact) mass is 310 g/mol. The lowest BCUT2D eigenvalue weighted by Gasteiger charge is -2.32. The first kappa shape index (κ1) is 16.2. The molecule has 1 atom stereocenters. The van der Waals surface area contributed by atoms with Crippen molar-refractivity contribution >= 4 is 0 Å². The summed E-state index contributed by atoms with van der Waals surface area (Å²) in [6.45, 7) is 7.12. The normalized spacial score (nSPS) is 22.7. The van der Waals surface area contributed by atoms with Crippen molar-refractivity contribution in [1.29, 1.82) is 0 Å². The van der Waals surface area contributed by atoms with Crippen molar-refractivity contribution in [3.05, 3.63) is 71.3 Å². The molecule has 1 heterocycles. The van der Waals surface area contributed by atoms with Gasteiger partial charge in [-0.1, -0.05) is 60.2 Å². The van der Waals surface area contributed by atoms with Crippen LogP contribution in [-0.2, 0) is 13.1 Å². The molecule has 2 aromatic rings. The fraction of sp³-hybridized carbons (Fsp3) is 0.429. The van der Waals surface area contributed by atoms with Crippen LogP contribution in [0.2, 0.25) is 0 Å². The Morgan fingerprint density at radius 2 is 1.57 bits per heavy atom. The molecule has 1 aliphatic heterocycles. The first-order chi connectivity index (χ1) is 11.2. The van der Waals surface area contributed by atoms with Gasteiger partial charge in [-0.15, -0.1) is 0 Å². The van der Waals surface area contributed by atoms with Gasteiger partial charge in [0.1, 0.15) is 13.1 Å². The number of hydrogen-bond acceptors (Lipinski definition) is 0. The molecule has 0 aliphatic carbocycles. The Labute approximate surface area is 140 Å². The Morgan fingerprint density at radius 3 is 2.22 bits per heavy atom. The summed E-state index contributed by atoms with van der Waals surface area (Å²) in [4.78, 5) is 3.42. The highest BCUT2D eigenvalue weighted by Crippen LogP contribution is 2.03. The summed E-state index contributed by atoms with van der Waals surface area (Å²) in [5, 5.41) is 0. The average molecular weight is 310 g/mol. The highest BCUT2D eigenvalue weighted by Gasteiger charge is 2.27. The van der Waals surface area contributed by atoms with E-state index in [2.05, 4.69) is 68.6 Å². The molecule has 122 valence electrons. The summed E-state index contributed by atoms with van der Waals surface area (Å²) in [7, 11) is 2.36. The third kappa shape index (κ3) is 4.66. The van der Waals surface area contributed by atoms with Gasteiger partial charge in [0.05, 0.1) is 26.2 Å². The highest BCUT2D eigenvalue weighted by atomic mass is 15.2. The molecule has 2 nitrogen and oxygen atoms in total. The van der Waals surface area contributed by atoms with Crippen molar-refractivity contribution in [3.8, 4) is 0 Å². The molecule has 0 spiro atoms. The van der Waals surface area contributed by atoms with Crippen LogP contribution in [0.4, 0.5) is 0 Å². The zero-order valence-corrected chi connectivity index (χ0v) is 14.5. The van der Waals surface area contributed by atoms with Crippen molar-refractivity contribution in [2.24, 2.45) is 0 Å². The predicted octanol–water partition coefficient (Wildman–Crippen LogP) is 1.26. The molecule has 3 rings (SSSR count). The minimum Gasteiger partial charge on any atom is -0.331 e. The second kappa shape index (κ2) is 7.76. The molecule has 0 bridgehead atoms. The van der Waals surface area contributed by atoms with Gasteiger partial charge in [-0.25, -0.2) is 0 Å². The van der Waals surface area contributed by atoms with Gasteiger partial charge in [-0.3, -0.25) is 0 Å². The largest absolute Gasteiger partial charge is 0.331 e. The minimum atomic E-state index is 0.817. The van der Waals surface area contributed by atoms with Crippen molar-refractivity contribution in [2.45, 2.75) is 38.9 Å². The molecule has 23 heavy (non-hydrogen) atoms. The molecule has 1 unspecified atom stereocenters. The van der Waals surface area contributed by atoms with Crippen LogP contribution in [0.3, 0.4) is 0 Å². The van der Waals surface area contributed by atoms with Crippen LogP contribution in [0.5, 0.6) is 0 Å². The van der Waals surface area contributed by atoms with E-state index in [9.17, 15) is 0 Å². The lowest BCUT2D eigenvalue weighted by Crippen LogP contribution is -3.18. The smallest absolute Gasteiger partial charge is 0.103 e. The number of piperidine rings is 1. The maximum Gasteiger partial charge on any atom is 0.103 e. The fourth-order valence-corrected chi connectivity index (χ4v) is 3.75. The molecule has 1 aliphatic rings. The van der Waals surface area contributed by atoms with Gasteiger partial charge in [-0.2, -0.15) is 0 Å². The number of rotatable bonds is 5. The first-order valence-electron chi connectivity index (χ1n) is 8.96. The number of likely N-dealkylation sites (tertiary alicyclic amines) is 1. The Balaban J connectivity index is 1.47. The SMILES string of the molecule is Cc1ccc(C[NH+]2CCC([NH+](C)Cc3ccccc3)CC2)cc1. The fourth-order valence-electron chi connectivity index (χ4n) is 3.75. The summed E-state index contributed by atoms with van der Waals surface area (Å²) in [6.07, 6.45) is 2.69. The van der Waals surface area contributed by atoms with Crippen molar-refractivity contribution in [3.63, 3.8) is 0 Å². The zero-order valence-electron chi connectivity index (χ0n) is 14.5. The van der Waals surface area contributed by atoms with Gasteiger partial charge in [0.25, 0.3) is 0 Å². The van der Waals surface area contributed by atoms with Crippen molar-refractivity contribution < 1.29 is 9.80 Å². The van der Waals surface area contributed by atoms with E-state index < -0.39 is 0 Å². The Morgan fingerprint density at radius 1 is 0.913 bits per heavy atom. The number of quaternary nitrogens is 2. The van der Waals surface area contributed by atoms with E-state index in [1.165, 1.54) is 49.2 Å². The summed E-state index contributed by atoms with van der Waals surface area (Å²) < 4.78 is 0. The maximum atomic E-state index is 2.36. The van der Waals surface area contributed by atoms with Crippen LogP contribution in [0.15, 0.2) is 54.6 Å². The summed E-state index contributed by atoms with van der Waals surface area (Å²) >= 11 is 0. The third-order valence-corrected chi connectivity index (χ3v) is 5.29. The first-order valence-corrected chi connectivity index (χ1v) is 8.96. The van der Waals surface area contributed by atoms with Crippen LogP contribution in [0, 0.1) is 6.92 Å². The molecule has 0 amide bonds. The second-order valence-corrected chi connectivity index (χ2v) is 7.20. The van der Waals surface area contributed by atoms with E-state index in [0.29, 0.717) is 0 Å². The second-order valence-electron chi connectivity index (χ2n) is 7.20. The van der Waals surface area contributed by atoms with E-state index in [0.717, 1.165) is 12.6 Å². The molecule has 1 fully saturated rings. The molecule has 2 N–H and O–H groups in total. The molecule has 1 saturated heterocycles. The zero-order chi connectivity index (χ0) is 16.1. The van der Waals surface area contributed by atoms with Crippen LogP contribution in [0.25, 0.3) is 0 Å². The number of hydrogen-bond donors (Lipinski definition) is 2. The van der Waals surface area contributed by atoms with E-state index in [4.69, 9.17) is 0 Å². The van der Waals surface area contributed by atoms with Crippen LogP contribution < -0.4 is 9.80 Å². The van der Waals surface area contributed by atoms with Crippen molar-refractivity contribution in [2.75, 3.05) is 20.1 Å². The summed E-state index contributed by atoms with van der Waals surface area (Å²) in [5.41, 5.74) is 4.29. The Kier molecular flexibility index (Phi) is 5.47.